The van der Waals surface area contributed by atoms with E-state index < -0.39 is 18.3 Å². The Morgan fingerprint density at radius 1 is 1.15 bits per heavy atom. The molecule has 0 aromatic rings. The van der Waals surface area contributed by atoms with Gasteiger partial charge < -0.3 is 15.3 Å². The number of piperidine rings is 1. The van der Waals surface area contributed by atoms with Gasteiger partial charge in [0.15, 0.2) is 0 Å². The number of nitrogens with zero attached hydrogens (tertiary/aromatic N) is 1. The first kappa shape index (κ1) is 10.9. The maximum absolute atomic E-state index is 9.37. The molecule has 3 atom stereocenters. The molecule has 0 radical (unpaired) electrons. The molecule has 0 aromatic carbocycles. The highest BCUT2D eigenvalue weighted by Gasteiger charge is 2.32. The minimum absolute atomic E-state index is 0.470. The zero-order chi connectivity index (χ0) is 9.84. The first-order valence-corrected chi connectivity index (χ1v) is 4.91. The molecule has 13 heavy (non-hydrogen) atoms. The zero-order valence-corrected chi connectivity index (χ0v) is 8.06. The smallest absolute Gasteiger partial charge is 0.108 e. The van der Waals surface area contributed by atoms with Gasteiger partial charge in [-0.15, -0.1) is 0 Å². The molecule has 0 aromatic heterocycles. The third-order valence-electron chi connectivity index (χ3n) is 2.51. The number of hydrogen-bond donors (Lipinski definition) is 3. The molecule has 1 aliphatic rings. The first-order valence-electron chi connectivity index (χ1n) is 4.91. The van der Waals surface area contributed by atoms with E-state index in [0.717, 1.165) is 19.4 Å². The highest BCUT2D eigenvalue weighted by Crippen LogP contribution is 2.12. The summed E-state index contributed by atoms with van der Waals surface area (Å²) >= 11 is 0. The molecule has 1 rings (SSSR count). The van der Waals surface area contributed by atoms with Crippen LogP contribution in [0.5, 0.6) is 0 Å². The Morgan fingerprint density at radius 2 is 1.69 bits per heavy atom. The molecule has 3 N–H and O–H groups in total. The quantitative estimate of drug-likeness (QED) is 0.543. The van der Waals surface area contributed by atoms with Crippen molar-refractivity contribution in [3.8, 4) is 0 Å². The van der Waals surface area contributed by atoms with Crippen molar-refractivity contribution in [1.82, 2.24) is 4.90 Å². The average molecular weight is 189 g/mol. The fourth-order valence-electron chi connectivity index (χ4n) is 1.64. The van der Waals surface area contributed by atoms with Crippen LogP contribution in [0.3, 0.4) is 0 Å². The van der Waals surface area contributed by atoms with Crippen LogP contribution in [-0.4, -0.2) is 58.2 Å². The van der Waals surface area contributed by atoms with Gasteiger partial charge in [0.25, 0.3) is 0 Å². The molecular formula is C9H19NO3. The summed E-state index contributed by atoms with van der Waals surface area (Å²) in [6.07, 6.45) is -0.417. The normalized spacial score (nSPS) is 36.5. The number of hydrogen-bond acceptors (Lipinski definition) is 4. The topological polar surface area (TPSA) is 63.9 Å². The molecule has 78 valence electrons. The van der Waals surface area contributed by atoms with Crippen molar-refractivity contribution in [3.63, 3.8) is 0 Å². The lowest BCUT2D eigenvalue weighted by molar-refractivity contribution is -0.109. The van der Waals surface area contributed by atoms with Gasteiger partial charge >= 0.3 is 0 Å². The van der Waals surface area contributed by atoms with Gasteiger partial charge in [-0.05, 0) is 13.0 Å². The van der Waals surface area contributed by atoms with Crippen molar-refractivity contribution >= 4 is 0 Å². The summed E-state index contributed by atoms with van der Waals surface area (Å²) in [5.41, 5.74) is 0. The van der Waals surface area contributed by atoms with E-state index in [1.165, 1.54) is 0 Å². The second-order valence-electron chi connectivity index (χ2n) is 3.74. The van der Waals surface area contributed by atoms with Gasteiger partial charge in [0.1, 0.15) is 6.10 Å². The predicted molar refractivity (Wildman–Crippen MR) is 49.4 cm³/mol. The largest absolute Gasteiger partial charge is 0.389 e. The molecule has 4 heteroatoms. The minimum atomic E-state index is -0.974. The number of aliphatic hydroxyl groups excluding tert-OH is 3. The highest BCUT2D eigenvalue weighted by molar-refractivity contribution is 4.85. The molecule has 0 amide bonds. The number of β-amino-alcohol motifs (C(OH)–C–C–N with tert-alkyl or cyclic N) is 2. The van der Waals surface area contributed by atoms with Crippen LogP contribution in [-0.2, 0) is 0 Å². The van der Waals surface area contributed by atoms with Crippen molar-refractivity contribution in [2.45, 2.75) is 38.1 Å². The maximum atomic E-state index is 9.37. The SMILES string of the molecule is CCCCN1C[C@@H](O)[C@H](O)[C@@H](O)C1. The summed E-state index contributed by atoms with van der Waals surface area (Å²) in [5, 5.41) is 28.0. The number of aliphatic hydroxyl groups is 3. The molecule has 4 nitrogen and oxygen atoms in total. The summed E-state index contributed by atoms with van der Waals surface area (Å²) in [7, 11) is 0. The summed E-state index contributed by atoms with van der Waals surface area (Å²) < 4.78 is 0. The lowest BCUT2D eigenvalue weighted by Gasteiger charge is -2.36. The minimum Gasteiger partial charge on any atom is -0.389 e. The van der Waals surface area contributed by atoms with Crippen LogP contribution in [0.4, 0.5) is 0 Å². The van der Waals surface area contributed by atoms with Gasteiger partial charge in [-0.3, -0.25) is 4.90 Å². The van der Waals surface area contributed by atoms with Crippen molar-refractivity contribution in [3.05, 3.63) is 0 Å². The third kappa shape index (κ3) is 2.91. The number of rotatable bonds is 3. The highest BCUT2D eigenvalue weighted by atomic mass is 16.4. The van der Waals surface area contributed by atoms with Crippen LogP contribution in [0, 0.1) is 0 Å². The van der Waals surface area contributed by atoms with E-state index in [1.54, 1.807) is 0 Å². The van der Waals surface area contributed by atoms with Gasteiger partial charge in [0.2, 0.25) is 0 Å². The second-order valence-corrected chi connectivity index (χ2v) is 3.74. The van der Waals surface area contributed by atoms with Crippen molar-refractivity contribution in [2.24, 2.45) is 0 Å². The van der Waals surface area contributed by atoms with E-state index in [4.69, 9.17) is 0 Å². The lowest BCUT2D eigenvalue weighted by atomic mass is 10.0. The molecule has 0 bridgehead atoms. The van der Waals surface area contributed by atoms with Crippen LogP contribution in [0.15, 0.2) is 0 Å². The van der Waals surface area contributed by atoms with Gasteiger partial charge in [0, 0.05) is 13.1 Å². The molecule has 0 unspecified atom stereocenters. The Bertz CT molecular complexity index is 142. The maximum Gasteiger partial charge on any atom is 0.108 e. The zero-order valence-electron chi connectivity index (χ0n) is 8.06. The van der Waals surface area contributed by atoms with E-state index in [0.29, 0.717) is 13.1 Å². The van der Waals surface area contributed by atoms with Crippen LogP contribution >= 0.6 is 0 Å². The standard InChI is InChI=1S/C9H19NO3/c1-2-3-4-10-5-7(11)9(13)8(12)6-10/h7-9,11-13H,2-6H2,1H3/t7-,8+,9+. The van der Waals surface area contributed by atoms with E-state index >= 15 is 0 Å². The second kappa shape index (κ2) is 4.91. The van der Waals surface area contributed by atoms with Gasteiger partial charge in [-0.25, -0.2) is 0 Å². The van der Waals surface area contributed by atoms with Crippen LogP contribution in [0.1, 0.15) is 19.8 Å². The van der Waals surface area contributed by atoms with Gasteiger partial charge in [-0.2, -0.15) is 0 Å². The van der Waals surface area contributed by atoms with Crippen LogP contribution in [0.2, 0.25) is 0 Å². The molecule has 1 saturated heterocycles. The van der Waals surface area contributed by atoms with Crippen LogP contribution < -0.4 is 0 Å². The Labute approximate surface area is 78.8 Å². The van der Waals surface area contributed by atoms with E-state index in [9.17, 15) is 15.3 Å². The first-order chi connectivity index (χ1) is 6.15. The molecule has 0 spiro atoms. The fraction of sp³-hybridized carbons (Fsp3) is 1.00. The van der Waals surface area contributed by atoms with E-state index in [2.05, 4.69) is 6.92 Å². The molecule has 1 fully saturated rings. The Hall–Kier alpha value is -0.160. The van der Waals surface area contributed by atoms with Gasteiger partial charge in [-0.1, -0.05) is 13.3 Å². The number of likely N-dealkylation sites (tertiary alicyclic amines) is 1. The predicted octanol–water partition coefficient (Wildman–Crippen LogP) is -0.815. The van der Waals surface area contributed by atoms with E-state index in [-0.39, 0.29) is 0 Å². The van der Waals surface area contributed by atoms with Gasteiger partial charge in [0.05, 0.1) is 12.2 Å². The fourth-order valence-corrected chi connectivity index (χ4v) is 1.64. The molecule has 1 aliphatic heterocycles. The Kier molecular flexibility index (Phi) is 4.12. The van der Waals surface area contributed by atoms with Crippen molar-refractivity contribution < 1.29 is 15.3 Å². The molecular weight excluding hydrogens is 170 g/mol. The van der Waals surface area contributed by atoms with Crippen molar-refractivity contribution in [2.75, 3.05) is 19.6 Å². The summed E-state index contributed by atoms with van der Waals surface area (Å²) in [6.45, 7) is 3.93. The Balaban J connectivity index is 2.35. The monoisotopic (exact) mass is 189 g/mol. The third-order valence-corrected chi connectivity index (χ3v) is 2.51. The molecule has 1 heterocycles. The average Bonchev–Trinajstić information content (AvgIpc) is 2.10. The Morgan fingerprint density at radius 3 is 2.15 bits per heavy atom. The molecule has 0 aliphatic carbocycles. The summed E-state index contributed by atoms with van der Waals surface area (Å²) in [6, 6.07) is 0. The number of unbranched alkanes of at least 4 members (excludes halogenated alkanes) is 1. The lowest BCUT2D eigenvalue weighted by Crippen LogP contribution is -2.55. The summed E-state index contributed by atoms with van der Waals surface area (Å²) in [4.78, 5) is 1.99. The molecule has 0 saturated carbocycles. The van der Waals surface area contributed by atoms with Crippen LogP contribution in [0.25, 0.3) is 0 Å². The van der Waals surface area contributed by atoms with E-state index in [1.807, 2.05) is 4.90 Å². The summed E-state index contributed by atoms with van der Waals surface area (Å²) in [5.74, 6) is 0. The van der Waals surface area contributed by atoms with Crippen molar-refractivity contribution in [1.29, 1.82) is 0 Å².